The Morgan fingerprint density at radius 2 is 2.38 bits per heavy atom. The summed E-state index contributed by atoms with van der Waals surface area (Å²) in [5, 5.41) is 0. The normalized spacial score (nSPS) is 24.9. The van der Waals surface area contributed by atoms with Crippen LogP contribution in [0.3, 0.4) is 0 Å². The first-order valence-corrected chi connectivity index (χ1v) is 6.54. The molecule has 0 bridgehead atoms. The zero-order valence-corrected chi connectivity index (χ0v) is 9.48. The van der Waals surface area contributed by atoms with E-state index in [4.69, 9.17) is 5.73 Å². The van der Waals surface area contributed by atoms with Gasteiger partial charge < -0.3 is 10.6 Å². The molecule has 1 atom stereocenters. The smallest absolute Gasteiger partial charge is 0.0168 e. The SMILES string of the molecule is CCSCCCN1CCC[C@@H](N)C1. The molecule has 2 nitrogen and oxygen atoms in total. The van der Waals surface area contributed by atoms with E-state index >= 15 is 0 Å². The third kappa shape index (κ3) is 4.89. The van der Waals surface area contributed by atoms with Gasteiger partial charge in [-0.25, -0.2) is 0 Å². The molecule has 0 unspecified atom stereocenters. The number of likely N-dealkylation sites (tertiary alicyclic amines) is 1. The molecule has 13 heavy (non-hydrogen) atoms. The van der Waals surface area contributed by atoms with E-state index in [0.29, 0.717) is 6.04 Å². The maximum absolute atomic E-state index is 5.91. The Hall–Kier alpha value is 0.270. The molecule has 0 aliphatic carbocycles. The topological polar surface area (TPSA) is 29.3 Å². The fourth-order valence-corrected chi connectivity index (χ4v) is 2.45. The lowest BCUT2D eigenvalue weighted by Gasteiger charge is -2.30. The van der Waals surface area contributed by atoms with Crippen molar-refractivity contribution in [1.29, 1.82) is 0 Å². The minimum Gasteiger partial charge on any atom is -0.327 e. The second-order valence-corrected chi connectivity index (χ2v) is 5.15. The standard InChI is InChI=1S/C10H22N2S/c1-2-13-8-4-7-12-6-3-5-10(11)9-12/h10H,2-9,11H2,1H3/t10-/m1/s1. The molecule has 1 heterocycles. The van der Waals surface area contributed by atoms with E-state index in [9.17, 15) is 0 Å². The molecule has 3 heteroatoms. The van der Waals surface area contributed by atoms with E-state index in [1.54, 1.807) is 0 Å². The molecular formula is C10H22N2S. The third-order valence-corrected chi connectivity index (χ3v) is 3.49. The average Bonchev–Trinajstić information content (AvgIpc) is 2.13. The van der Waals surface area contributed by atoms with Crippen molar-refractivity contribution in [2.75, 3.05) is 31.1 Å². The molecule has 1 aliphatic heterocycles. The van der Waals surface area contributed by atoms with Gasteiger partial charge in [0.05, 0.1) is 0 Å². The summed E-state index contributed by atoms with van der Waals surface area (Å²) in [4.78, 5) is 2.52. The predicted octanol–water partition coefficient (Wildman–Crippen LogP) is 1.55. The van der Waals surface area contributed by atoms with E-state index in [2.05, 4.69) is 11.8 Å². The van der Waals surface area contributed by atoms with Crippen molar-refractivity contribution < 1.29 is 0 Å². The van der Waals surface area contributed by atoms with Crippen LogP contribution >= 0.6 is 11.8 Å². The highest BCUT2D eigenvalue weighted by Crippen LogP contribution is 2.09. The lowest BCUT2D eigenvalue weighted by molar-refractivity contribution is 0.210. The molecule has 78 valence electrons. The molecule has 0 aromatic heterocycles. The van der Waals surface area contributed by atoms with E-state index in [0.717, 1.165) is 6.54 Å². The van der Waals surface area contributed by atoms with Crippen molar-refractivity contribution in [3.8, 4) is 0 Å². The first-order chi connectivity index (χ1) is 6.33. The number of hydrogen-bond donors (Lipinski definition) is 1. The van der Waals surface area contributed by atoms with Crippen molar-refractivity contribution in [3.05, 3.63) is 0 Å². The van der Waals surface area contributed by atoms with Gasteiger partial charge in [-0.2, -0.15) is 11.8 Å². The fourth-order valence-electron chi connectivity index (χ4n) is 1.83. The number of nitrogens with zero attached hydrogens (tertiary/aromatic N) is 1. The Labute approximate surface area is 86.2 Å². The average molecular weight is 202 g/mol. The molecule has 0 radical (unpaired) electrons. The Kier molecular flexibility index (Phi) is 5.83. The van der Waals surface area contributed by atoms with Crippen LogP contribution in [0.15, 0.2) is 0 Å². The van der Waals surface area contributed by atoms with Gasteiger partial charge in [0.2, 0.25) is 0 Å². The van der Waals surface area contributed by atoms with Crippen LogP contribution in [-0.2, 0) is 0 Å². The molecule has 0 aromatic rings. The van der Waals surface area contributed by atoms with Gasteiger partial charge in [0.25, 0.3) is 0 Å². The Bertz CT molecular complexity index is 130. The number of hydrogen-bond acceptors (Lipinski definition) is 3. The maximum Gasteiger partial charge on any atom is 0.0168 e. The van der Waals surface area contributed by atoms with Crippen LogP contribution in [-0.4, -0.2) is 42.1 Å². The highest BCUT2D eigenvalue weighted by atomic mass is 32.2. The van der Waals surface area contributed by atoms with Gasteiger partial charge in [-0.05, 0) is 43.9 Å². The van der Waals surface area contributed by atoms with Crippen LogP contribution in [0.2, 0.25) is 0 Å². The monoisotopic (exact) mass is 202 g/mol. The molecule has 0 saturated carbocycles. The van der Waals surface area contributed by atoms with Gasteiger partial charge in [0, 0.05) is 12.6 Å². The van der Waals surface area contributed by atoms with Crippen molar-refractivity contribution in [1.82, 2.24) is 4.90 Å². The lowest BCUT2D eigenvalue weighted by Crippen LogP contribution is -2.43. The number of rotatable bonds is 5. The Balaban J connectivity index is 2.00. The molecule has 0 spiro atoms. The van der Waals surface area contributed by atoms with Crippen molar-refractivity contribution in [2.45, 2.75) is 32.2 Å². The number of piperidine rings is 1. The van der Waals surface area contributed by atoms with E-state index in [-0.39, 0.29) is 0 Å². The van der Waals surface area contributed by atoms with E-state index < -0.39 is 0 Å². The van der Waals surface area contributed by atoms with Crippen LogP contribution in [0.5, 0.6) is 0 Å². The molecule has 2 N–H and O–H groups in total. The summed E-state index contributed by atoms with van der Waals surface area (Å²) < 4.78 is 0. The van der Waals surface area contributed by atoms with Crippen molar-refractivity contribution in [3.63, 3.8) is 0 Å². The molecule has 0 aromatic carbocycles. The summed E-state index contributed by atoms with van der Waals surface area (Å²) >= 11 is 2.04. The van der Waals surface area contributed by atoms with E-state index in [1.807, 2.05) is 11.8 Å². The summed E-state index contributed by atoms with van der Waals surface area (Å²) in [7, 11) is 0. The number of nitrogens with two attached hydrogens (primary N) is 1. The van der Waals surface area contributed by atoms with Gasteiger partial charge in [0.15, 0.2) is 0 Å². The Morgan fingerprint density at radius 3 is 3.08 bits per heavy atom. The highest BCUT2D eigenvalue weighted by molar-refractivity contribution is 7.99. The quantitative estimate of drug-likeness (QED) is 0.686. The molecular weight excluding hydrogens is 180 g/mol. The zero-order valence-electron chi connectivity index (χ0n) is 8.67. The first-order valence-electron chi connectivity index (χ1n) is 5.38. The number of thioether (sulfide) groups is 1. The summed E-state index contributed by atoms with van der Waals surface area (Å²) in [6, 6.07) is 0.438. The lowest BCUT2D eigenvalue weighted by atomic mass is 10.1. The van der Waals surface area contributed by atoms with Gasteiger partial charge in [0.1, 0.15) is 0 Å². The van der Waals surface area contributed by atoms with Gasteiger partial charge >= 0.3 is 0 Å². The van der Waals surface area contributed by atoms with Gasteiger partial charge in [-0.15, -0.1) is 0 Å². The molecule has 1 fully saturated rings. The van der Waals surface area contributed by atoms with E-state index in [1.165, 1.54) is 43.9 Å². The van der Waals surface area contributed by atoms with Crippen LogP contribution < -0.4 is 5.73 Å². The minimum atomic E-state index is 0.438. The summed E-state index contributed by atoms with van der Waals surface area (Å²) in [6.07, 6.45) is 3.84. The summed E-state index contributed by atoms with van der Waals surface area (Å²) in [5.74, 6) is 2.56. The van der Waals surface area contributed by atoms with Crippen LogP contribution in [0, 0.1) is 0 Å². The second kappa shape index (κ2) is 6.68. The van der Waals surface area contributed by atoms with Crippen LogP contribution in [0.4, 0.5) is 0 Å². The first kappa shape index (κ1) is 11.3. The predicted molar refractivity (Wildman–Crippen MR) is 61.3 cm³/mol. The summed E-state index contributed by atoms with van der Waals surface area (Å²) in [6.45, 7) is 5.86. The molecule has 0 amide bonds. The van der Waals surface area contributed by atoms with Crippen molar-refractivity contribution in [2.24, 2.45) is 5.73 Å². The maximum atomic E-state index is 5.91. The molecule has 1 aliphatic rings. The molecule has 1 saturated heterocycles. The largest absolute Gasteiger partial charge is 0.327 e. The van der Waals surface area contributed by atoms with Crippen LogP contribution in [0.25, 0.3) is 0 Å². The second-order valence-electron chi connectivity index (χ2n) is 3.75. The molecule has 1 rings (SSSR count). The fraction of sp³-hybridized carbons (Fsp3) is 1.00. The minimum absolute atomic E-state index is 0.438. The summed E-state index contributed by atoms with van der Waals surface area (Å²) in [5.41, 5.74) is 5.91. The van der Waals surface area contributed by atoms with Crippen molar-refractivity contribution >= 4 is 11.8 Å². The third-order valence-electron chi connectivity index (χ3n) is 2.51. The zero-order chi connectivity index (χ0) is 9.52. The van der Waals surface area contributed by atoms with Gasteiger partial charge in [-0.3, -0.25) is 0 Å². The Morgan fingerprint density at radius 1 is 1.54 bits per heavy atom. The highest BCUT2D eigenvalue weighted by Gasteiger charge is 2.15. The van der Waals surface area contributed by atoms with Crippen LogP contribution in [0.1, 0.15) is 26.2 Å². The van der Waals surface area contributed by atoms with Gasteiger partial charge in [-0.1, -0.05) is 6.92 Å².